The Kier molecular flexibility index (Phi) is 5.14. The van der Waals surface area contributed by atoms with Gasteiger partial charge in [0.15, 0.2) is 0 Å². The Hall–Kier alpha value is -1.35. The van der Waals surface area contributed by atoms with Crippen molar-refractivity contribution in [3.8, 4) is 0 Å². The Morgan fingerprint density at radius 2 is 2.00 bits per heavy atom. The van der Waals surface area contributed by atoms with E-state index in [0.29, 0.717) is 11.9 Å². The summed E-state index contributed by atoms with van der Waals surface area (Å²) in [5, 5.41) is 3.40. The number of nitrogens with one attached hydrogen (secondary N) is 1. The highest BCUT2D eigenvalue weighted by atomic mass is 16.2. The number of likely N-dealkylation sites (tertiary alicyclic amines) is 1. The SMILES string of the molecule is Cc1ccccc1C1CCCN1C(=O)CCC1CCNCC1. The smallest absolute Gasteiger partial charge is 0.223 e. The molecule has 1 aromatic carbocycles. The highest BCUT2D eigenvalue weighted by Crippen LogP contribution is 2.34. The minimum atomic E-state index is 0.307. The number of carbonyl (C=O) groups excluding carboxylic acids is 1. The summed E-state index contributed by atoms with van der Waals surface area (Å²) in [6.07, 6.45) is 6.51. The molecule has 3 rings (SSSR count). The van der Waals surface area contributed by atoms with E-state index in [-0.39, 0.29) is 0 Å². The Morgan fingerprint density at radius 1 is 1.23 bits per heavy atom. The summed E-state index contributed by atoms with van der Waals surface area (Å²) in [4.78, 5) is 14.8. The summed E-state index contributed by atoms with van der Waals surface area (Å²) in [6.45, 7) is 5.33. The van der Waals surface area contributed by atoms with Crippen LogP contribution in [0.1, 0.15) is 55.7 Å². The quantitative estimate of drug-likeness (QED) is 0.924. The van der Waals surface area contributed by atoms with E-state index in [1.165, 1.54) is 24.0 Å². The van der Waals surface area contributed by atoms with Crippen molar-refractivity contribution >= 4 is 5.91 Å². The normalized spacial score (nSPS) is 23.0. The van der Waals surface area contributed by atoms with E-state index in [1.807, 2.05) is 0 Å². The van der Waals surface area contributed by atoms with Crippen molar-refractivity contribution < 1.29 is 4.79 Å². The second kappa shape index (κ2) is 7.28. The molecule has 0 aromatic heterocycles. The predicted molar refractivity (Wildman–Crippen MR) is 89.7 cm³/mol. The van der Waals surface area contributed by atoms with Gasteiger partial charge < -0.3 is 10.2 Å². The minimum Gasteiger partial charge on any atom is -0.336 e. The maximum Gasteiger partial charge on any atom is 0.223 e. The fourth-order valence-corrected chi connectivity index (χ4v) is 3.99. The van der Waals surface area contributed by atoms with Gasteiger partial charge >= 0.3 is 0 Å². The van der Waals surface area contributed by atoms with E-state index in [9.17, 15) is 4.79 Å². The molecule has 1 aromatic rings. The van der Waals surface area contributed by atoms with Gasteiger partial charge in [0.25, 0.3) is 0 Å². The highest BCUT2D eigenvalue weighted by Gasteiger charge is 2.30. The lowest BCUT2D eigenvalue weighted by molar-refractivity contribution is -0.132. The van der Waals surface area contributed by atoms with Gasteiger partial charge in [0, 0.05) is 13.0 Å². The molecule has 0 aliphatic carbocycles. The van der Waals surface area contributed by atoms with E-state index in [0.717, 1.165) is 51.2 Å². The summed E-state index contributed by atoms with van der Waals surface area (Å²) >= 11 is 0. The van der Waals surface area contributed by atoms with E-state index in [2.05, 4.69) is 41.4 Å². The van der Waals surface area contributed by atoms with Crippen LogP contribution < -0.4 is 5.32 Å². The molecule has 3 heteroatoms. The zero-order valence-electron chi connectivity index (χ0n) is 13.7. The van der Waals surface area contributed by atoms with Crippen LogP contribution in [0.15, 0.2) is 24.3 Å². The fourth-order valence-electron chi connectivity index (χ4n) is 3.99. The van der Waals surface area contributed by atoms with Gasteiger partial charge in [0.05, 0.1) is 6.04 Å². The molecule has 1 N–H and O–H groups in total. The molecule has 120 valence electrons. The number of hydrogen-bond donors (Lipinski definition) is 1. The molecule has 2 heterocycles. The highest BCUT2D eigenvalue weighted by molar-refractivity contribution is 5.77. The lowest BCUT2D eigenvalue weighted by Crippen LogP contribution is -2.32. The van der Waals surface area contributed by atoms with Gasteiger partial charge in [0.1, 0.15) is 0 Å². The second-order valence-corrected chi connectivity index (χ2v) is 6.83. The Labute approximate surface area is 134 Å². The van der Waals surface area contributed by atoms with Crippen molar-refractivity contribution in [1.29, 1.82) is 0 Å². The van der Waals surface area contributed by atoms with E-state index >= 15 is 0 Å². The number of piperidine rings is 1. The largest absolute Gasteiger partial charge is 0.336 e. The fraction of sp³-hybridized carbons (Fsp3) is 0.632. The third-order valence-corrected chi connectivity index (χ3v) is 5.35. The third-order valence-electron chi connectivity index (χ3n) is 5.35. The summed E-state index contributed by atoms with van der Waals surface area (Å²) in [7, 11) is 0. The molecule has 0 bridgehead atoms. The summed E-state index contributed by atoms with van der Waals surface area (Å²) < 4.78 is 0. The predicted octanol–water partition coefficient (Wildman–Crippen LogP) is 3.44. The van der Waals surface area contributed by atoms with Crippen LogP contribution >= 0.6 is 0 Å². The number of carbonyl (C=O) groups is 1. The monoisotopic (exact) mass is 300 g/mol. The number of nitrogens with zero attached hydrogens (tertiary/aromatic N) is 1. The topological polar surface area (TPSA) is 32.3 Å². The number of aryl methyl sites for hydroxylation is 1. The van der Waals surface area contributed by atoms with Crippen LogP contribution in [-0.2, 0) is 4.79 Å². The molecule has 1 amide bonds. The van der Waals surface area contributed by atoms with Crippen LogP contribution in [0, 0.1) is 12.8 Å². The average molecular weight is 300 g/mol. The molecule has 22 heavy (non-hydrogen) atoms. The summed E-state index contributed by atoms with van der Waals surface area (Å²) in [5.41, 5.74) is 2.65. The number of rotatable bonds is 4. The van der Waals surface area contributed by atoms with Gasteiger partial charge in [-0.05, 0) is 69.2 Å². The maximum atomic E-state index is 12.7. The number of hydrogen-bond acceptors (Lipinski definition) is 2. The van der Waals surface area contributed by atoms with E-state index < -0.39 is 0 Å². The van der Waals surface area contributed by atoms with Crippen LogP contribution in [0.2, 0.25) is 0 Å². The van der Waals surface area contributed by atoms with Crippen LogP contribution in [0.3, 0.4) is 0 Å². The first-order chi connectivity index (χ1) is 10.8. The molecule has 0 spiro atoms. The van der Waals surface area contributed by atoms with Crippen molar-refractivity contribution in [3.05, 3.63) is 35.4 Å². The lowest BCUT2D eigenvalue weighted by atomic mass is 9.92. The molecule has 3 nitrogen and oxygen atoms in total. The molecule has 2 aliphatic heterocycles. The van der Waals surface area contributed by atoms with Crippen molar-refractivity contribution in [1.82, 2.24) is 10.2 Å². The average Bonchev–Trinajstić information content (AvgIpc) is 3.03. The Balaban J connectivity index is 1.60. The van der Waals surface area contributed by atoms with Crippen LogP contribution in [0.4, 0.5) is 0 Å². The van der Waals surface area contributed by atoms with Gasteiger partial charge in [-0.2, -0.15) is 0 Å². The van der Waals surface area contributed by atoms with Gasteiger partial charge in [-0.15, -0.1) is 0 Å². The van der Waals surface area contributed by atoms with Crippen molar-refractivity contribution in [3.63, 3.8) is 0 Å². The van der Waals surface area contributed by atoms with E-state index in [4.69, 9.17) is 0 Å². The lowest BCUT2D eigenvalue weighted by Gasteiger charge is -2.28. The van der Waals surface area contributed by atoms with Crippen molar-refractivity contribution in [2.45, 2.75) is 51.5 Å². The minimum absolute atomic E-state index is 0.307. The van der Waals surface area contributed by atoms with Gasteiger partial charge in [-0.1, -0.05) is 24.3 Å². The van der Waals surface area contributed by atoms with Gasteiger partial charge in [-0.25, -0.2) is 0 Å². The summed E-state index contributed by atoms with van der Waals surface area (Å²) in [5.74, 6) is 1.11. The molecule has 0 radical (unpaired) electrons. The van der Waals surface area contributed by atoms with Gasteiger partial charge in [-0.3, -0.25) is 4.79 Å². The molecule has 2 fully saturated rings. The maximum absolute atomic E-state index is 12.7. The number of benzene rings is 1. The number of amides is 1. The first-order valence-electron chi connectivity index (χ1n) is 8.81. The molecular formula is C19H28N2O. The summed E-state index contributed by atoms with van der Waals surface area (Å²) in [6, 6.07) is 8.83. The molecule has 1 unspecified atom stereocenters. The first kappa shape index (κ1) is 15.5. The Morgan fingerprint density at radius 3 is 2.77 bits per heavy atom. The van der Waals surface area contributed by atoms with Crippen LogP contribution in [0.5, 0.6) is 0 Å². The van der Waals surface area contributed by atoms with Gasteiger partial charge in [0.2, 0.25) is 5.91 Å². The first-order valence-corrected chi connectivity index (χ1v) is 8.81. The molecule has 1 atom stereocenters. The second-order valence-electron chi connectivity index (χ2n) is 6.83. The molecule has 2 saturated heterocycles. The molecule has 0 saturated carbocycles. The van der Waals surface area contributed by atoms with Crippen molar-refractivity contribution in [2.75, 3.05) is 19.6 Å². The van der Waals surface area contributed by atoms with Crippen LogP contribution in [-0.4, -0.2) is 30.4 Å². The Bertz CT molecular complexity index is 508. The van der Waals surface area contributed by atoms with Crippen molar-refractivity contribution in [2.24, 2.45) is 5.92 Å². The zero-order chi connectivity index (χ0) is 15.4. The molecule has 2 aliphatic rings. The van der Waals surface area contributed by atoms with E-state index in [1.54, 1.807) is 0 Å². The van der Waals surface area contributed by atoms with Crippen LogP contribution in [0.25, 0.3) is 0 Å². The third kappa shape index (κ3) is 3.52. The standard InChI is InChI=1S/C19H28N2O/c1-15-5-2-3-6-17(15)18-7-4-14-21(18)19(22)9-8-16-10-12-20-13-11-16/h2-3,5-6,16,18,20H,4,7-14H2,1H3. The zero-order valence-corrected chi connectivity index (χ0v) is 13.7. The molecular weight excluding hydrogens is 272 g/mol.